The number of amides is 1. The number of nitrogens with two attached hydrogens (primary N) is 1. The van der Waals surface area contributed by atoms with Crippen molar-refractivity contribution in [3.63, 3.8) is 0 Å². The van der Waals surface area contributed by atoms with Gasteiger partial charge in [0.25, 0.3) is 0 Å². The standard InChI is InChI=1S/C14H20N2O4/c1-14(2,3)20-13(18)16-10-5-4-6-11(9-10)19-12(17)7-8-15/h4-6,9H,7-8,15H2,1-3H3,(H,16,18). The summed E-state index contributed by atoms with van der Waals surface area (Å²) in [6, 6.07) is 6.50. The Morgan fingerprint density at radius 1 is 1.30 bits per heavy atom. The average Bonchev–Trinajstić information content (AvgIpc) is 2.26. The van der Waals surface area contributed by atoms with E-state index in [1.54, 1.807) is 45.0 Å². The molecule has 0 saturated carbocycles. The molecule has 110 valence electrons. The van der Waals surface area contributed by atoms with E-state index in [4.69, 9.17) is 15.2 Å². The lowest BCUT2D eigenvalue weighted by molar-refractivity contribution is -0.134. The fourth-order valence-electron chi connectivity index (χ4n) is 1.36. The van der Waals surface area contributed by atoms with Gasteiger partial charge in [-0.05, 0) is 32.9 Å². The molecule has 20 heavy (non-hydrogen) atoms. The van der Waals surface area contributed by atoms with Crippen molar-refractivity contribution >= 4 is 17.7 Å². The first-order valence-corrected chi connectivity index (χ1v) is 6.31. The molecule has 0 radical (unpaired) electrons. The number of ether oxygens (including phenoxy) is 2. The third kappa shape index (κ3) is 6.19. The van der Waals surface area contributed by atoms with Gasteiger partial charge < -0.3 is 15.2 Å². The monoisotopic (exact) mass is 280 g/mol. The second kappa shape index (κ2) is 6.91. The molecule has 1 aromatic carbocycles. The summed E-state index contributed by atoms with van der Waals surface area (Å²) in [5.41, 5.74) is 5.17. The number of carbonyl (C=O) groups excluding carboxylic acids is 2. The maximum atomic E-state index is 11.6. The number of rotatable bonds is 4. The van der Waals surface area contributed by atoms with E-state index in [0.29, 0.717) is 11.4 Å². The zero-order chi connectivity index (χ0) is 15.2. The summed E-state index contributed by atoms with van der Waals surface area (Å²) in [7, 11) is 0. The van der Waals surface area contributed by atoms with Gasteiger partial charge in [0.15, 0.2) is 0 Å². The number of anilines is 1. The second-order valence-electron chi connectivity index (χ2n) is 5.17. The molecule has 0 aliphatic carbocycles. The van der Waals surface area contributed by atoms with Gasteiger partial charge in [0.2, 0.25) is 0 Å². The molecule has 0 aliphatic rings. The van der Waals surface area contributed by atoms with Crippen LogP contribution in [-0.2, 0) is 9.53 Å². The Kier molecular flexibility index (Phi) is 5.52. The molecule has 6 heteroatoms. The summed E-state index contributed by atoms with van der Waals surface area (Å²) in [6.45, 7) is 5.56. The molecule has 6 nitrogen and oxygen atoms in total. The molecule has 1 amide bonds. The number of carbonyl (C=O) groups is 2. The largest absolute Gasteiger partial charge is 0.444 e. The third-order valence-corrected chi connectivity index (χ3v) is 2.06. The van der Waals surface area contributed by atoms with Crippen molar-refractivity contribution in [1.29, 1.82) is 0 Å². The summed E-state index contributed by atoms with van der Waals surface area (Å²) < 4.78 is 10.2. The van der Waals surface area contributed by atoms with Gasteiger partial charge >= 0.3 is 12.1 Å². The molecule has 0 bridgehead atoms. The van der Waals surface area contributed by atoms with Gasteiger partial charge in [-0.25, -0.2) is 4.79 Å². The number of nitrogens with one attached hydrogen (secondary N) is 1. The van der Waals surface area contributed by atoms with Crippen LogP contribution in [0.1, 0.15) is 27.2 Å². The Morgan fingerprint density at radius 2 is 2.00 bits per heavy atom. The topological polar surface area (TPSA) is 90.6 Å². The molecule has 0 unspecified atom stereocenters. The Hall–Kier alpha value is -2.08. The molecule has 0 fully saturated rings. The molecule has 0 aliphatic heterocycles. The van der Waals surface area contributed by atoms with Crippen LogP contribution in [0.5, 0.6) is 5.75 Å². The zero-order valence-electron chi connectivity index (χ0n) is 11.9. The molecule has 0 atom stereocenters. The molecule has 3 N–H and O–H groups in total. The lowest BCUT2D eigenvalue weighted by Crippen LogP contribution is -2.27. The first-order chi connectivity index (χ1) is 9.30. The summed E-state index contributed by atoms with van der Waals surface area (Å²) in [6.07, 6.45) is -0.424. The van der Waals surface area contributed by atoms with Crippen LogP contribution in [0.25, 0.3) is 0 Å². The van der Waals surface area contributed by atoms with E-state index in [2.05, 4.69) is 5.32 Å². The van der Waals surface area contributed by atoms with Crippen LogP contribution in [0.4, 0.5) is 10.5 Å². The van der Waals surface area contributed by atoms with E-state index in [9.17, 15) is 9.59 Å². The van der Waals surface area contributed by atoms with E-state index >= 15 is 0 Å². The quantitative estimate of drug-likeness (QED) is 0.652. The van der Waals surface area contributed by atoms with E-state index in [1.807, 2.05) is 0 Å². The van der Waals surface area contributed by atoms with Crippen molar-refractivity contribution in [2.24, 2.45) is 5.73 Å². The summed E-state index contributed by atoms with van der Waals surface area (Å²) in [5, 5.41) is 2.57. The SMILES string of the molecule is CC(C)(C)OC(=O)Nc1cccc(OC(=O)CCN)c1. The van der Waals surface area contributed by atoms with Crippen LogP contribution in [0.3, 0.4) is 0 Å². The predicted octanol–water partition coefficient (Wildman–Crippen LogP) is 2.29. The normalized spacial score (nSPS) is 10.8. The van der Waals surface area contributed by atoms with E-state index < -0.39 is 17.7 Å². The molecule has 0 aromatic heterocycles. The maximum absolute atomic E-state index is 11.6. The van der Waals surface area contributed by atoms with Gasteiger partial charge in [0.1, 0.15) is 11.4 Å². The molecular weight excluding hydrogens is 260 g/mol. The van der Waals surface area contributed by atoms with Crippen LogP contribution in [0, 0.1) is 0 Å². The van der Waals surface area contributed by atoms with Crippen LogP contribution >= 0.6 is 0 Å². The minimum atomic E-state index is -0.574. The van der Waals surface area contributed by atoms with Crippen LogP contribution in [0.2, 0.25) is 0 Å². The van der Waals surface area contributed by atoms with Gasteiger partial charge in [0.05, 0.1) is 6.42 Å². The highest BCUT2D eigenvalue weighted by molar-refractivity contribution is 5.85. The van der Waals surface area contributed by atoms with Crippen molar-refractivity contribution < 1.29 is 19.1 Å². The fraction of sp³-hybridized carbons (Fsp3) is 0.429. The second-order valence-corrected chi connectivity index (χ2v) is 5.17. The van der Waals surface area contributed by atoms with E-state index in [-0.39, 0.29) is 13.0 Å². The average molecular weight is 280 g/mol. The zero-order valence-corrected chi connectivity index (χ0v) is 11.9. The van der Waals surface area contributed by atoms with Gasteiger partial charge in [-0.1, -0.05) is 6.07 Å². The van der Waals surface area contributed by atoms with Crippen LogP contribution in [-0.4, -0.2) is 24.2 Å². The van der Waals surface area contributed by atoms with E-state index in [1.165, 1.54) is 0 Å². The minimum Gasteiger partial charge on any atom is -0.444 e. The maximum Gasteiger partial charge on any atom is 0.412 e. The molecule has 0 spiro atoms. The van der Waals surface area contributed by atoms with Crippen LogP contribution in [0.15, 0.2) is 24.3 Å². The first-order valence-electron chi connectivity index (χ1n) is 6.31. The lowest BCUT2D eigenvalue weighted by atomic mass is 10.2. The van der Waals surface area contributed by atoms with Crippen molar-refractivity contribution in [2.45, 2.75) is 32.8 Å². The highest BCUT2D eigenvalue weighted by Crippen LogP contribution is 2.18. The first kappa shape index (κ1) is 16.0. The molecule has 0 heterocycles. The Morgan fingerprint density at radius 3 is 2.60 bits per heavy atom. The van der Waals surface area contributed by atoms with E-state index in [0.717, 1.165) is 0 Å². The fourth-order valence-corrected chi connectivity index (χ4v) is 1.36. The molecular formula is C14H20N2O4. The highest BCUT2D eigenvalue weighted by Gasteiger charge is 2.16. The number of hydrogen-bond acceptors (Lipinski definition) is 5. The summed E-state index contributed by atoms with van der Waals surface area (Å²) >= 11 is 0. The Bertz CT molecular complexity index is 480. The number of esters is 1. The summed E-state index contributed by atoms with van der Waals surface area (Å²) in [4.78, 5) is 22.9. The Labute approximate surface area is 118 Å². The molecule has 0 saturated heterocycles. The van der Waals surface area contributed by atoms with Gasteiger partial charge in [0, 0.05) is 18.3 Å². The smallest absolute Gasteiger partial charge is 0.412 e. The highest BCUT2D eigenvalue weighted by atomic mass is 16.6. The van der Waals surface area contributed by atoms with Gasteiger partial charge in [-0.2, -0.15) is 0 Å². The van der Waals surface area contributed by atoms with Gasteiger partial charge in [-0.15, -0.1) is 0 Å². The van der Waals surface area contributed by atoms with Crippen molar-refractivity contribution in [1.82, 2.24) is 0 Å². The third-order valence-electron chi connectivity index (χ3n) is 2.06. The number of hydrogen-bond donors (Lipinski definition) is 2. The van der Waals surface area contributed by atoms with Crippen LogP contribution < -0.4 is 15.8 Å². The minimum absolute atomic E-state index is 0.143. The lowest BCUT2D eigenvalue weighted by Gasteiger charge is -2.19. The summed E-state index contributed by atoms with van der Waals surface area (Å²) in [5.74, 6) is -0.0704. The number of benzene rings is 1. The van der Waals surface area contributed by atoms with Crippen molar-refractivity contribution in [3.05, 3.63) is 24.3 Å². The molecule has 1 rings (SSSR count). The van der Waals surface area contributed by atoms with Gasteiger partial charge in [-0.3, -0.25) is 10.1 Å². The predicted molar refractivity (Wildman–Crippen MR) is 75.6 cm³/mol. The van der Waals surface area contributed by atoms with Crippen molar-refractivity contribution in [3.8, 4) is 5.75 Å². The molecule has 1 aromatic rings. The van der Waals surface area contributed by atoms with Crippen molar-refractivity contribution in [2.75, 3.05) is 11.9 Å². The Balaban J connectivity index is 2.64.